The molecule has 0 N–H and O–H groups in total. The molecule has 0 radical (unpaired) electrons. The van der Waals surface area contributed by atoms with Crippen molar-refractivity contribution in [2.75, 3.05) is 24.7 Å². The summed E-state index contributed by atoms with van der Waals surface area (Å²) in [6.07, 6.45) is 2.57. The summed E-state index contributed by atoms with van der Waals surface area (Å²) in [5, 5.41) is 0. The number of Topliss-reactive ketones (excluding diaryl/α,β-unsaturated/α-hetero) is 1. The number of carbonyl (C=O) groups excluding carboxylic acids is 2. The molecule has 160 valence electrons. The summed E-state index contributed by atoms with van der Waals surface area (Å²) in [5.41, 5.74) is 0.508. The number of ketones is 1. The molecule has 1 aliphatic heterocycles. The minimum Gasteiger partial charge on any atom is -0.475 e. The monoisotopic (exact) mass is 418 g/mol. The van der Waals surface area contributed by atoms with E-state index in [2.05, 4.69) is 4.98 Å². The van der Waals surface area contributed by atoms with Gasteiger partial charge in [0.2, 0.25) is 5.88 Å². The first-order valence-corrected chi connectivity index (χ1v) is 9.89. The van der Waals surface area contributed by atoms with E-state index in [9.17, 15) is 18.4 Å². The number of pyridine rings is 1. The van der Waals surface area contributed by atoms with Gasteiger partial charge in [-0.25, -0.2) is 13.8 Å². The quantitative estimate of drug-likeness (QED) is 0.369. The maximum atomic E-state index is 14.8. The van der Waals surface area contributed by atoms with Gasteiger partial charge in [-0.2, -0.15) is 0 Å². The Morgan fingerprint density at radius 2 is 2.07 bits per heavy atom. The topological polar surface area (TPSA) is 68.7 Å². The Bertz CT molecular complexity index is 935. The van der Waals surface area contributed by atoms with Crippen molar-refractivity contribution in [2.45, 2.75) is 39.2 Å². The van der Waals surface area contributed by atoms with Gasteiger partial charge < -0.3 is 14.4 Å². The van der Waals surface area contributed by atoms with E-state index in [0.29, 0.717) is 12.4 Å². The number of carbonyl (C=O) groups is 2. The molecular weight excluding hydrogens is 394 g/mol. The van der Waals surface area contributed by atoms with Crippen molar-refractivity contribution in [3.63, 3.8) is 0 Å². The van der Waals surface area contributed by atoms with Crippen LogP contribution in [0.3, 0.4) is 0 Å². The lowest BCUT2D eigenvalue weighted by atomic mass is 10.1. The highest BCUT2D eigenvalue weighted by atomic mass is 19.1. The Morgan fingerprint density at radius 1 is 1.27 bits per heavy atom. The van der Waals surface area contributed by atoms with Gasteiger partial charge in [-0.1, -0.05) is 6.07 Å². The standard InChI is InChI=1S/C22H24F2N2O4/c1-3-29-21(28)12-20(27)16-10-18(24)19(11-17(16)23)26-9-5-7-15(26)13-30-22-14(2)6-4-8-25-22/h4,6,8,10-11,15H,3,5,7,9,12-13H2,1-2H3/t15-/m1/s1. The van der Waals surface area contributed by atoms with Crippen LogP contribution in [0.25, 0.3) is 0 Å². The Hall–Kier alpha value is -3.03. The smallest absolute Gasteiger partial charge is 0.313 e. The molecule has 30 heavy (non-hydrogen) atoms. The lowest BCUT2D eigenvalue weighted by Crippen LogP contribution is -2.35. The van der Waals surface area contributed by atoms with Gasteiger partial charge in [-0.05, 0) is 38.8 Å². The van der Waals surface area contributed by atoms with Crippen LogP contribution in [0.1, 0.15) is 42.1 Å². The number of esters is 1. The number of rotatable bonds is 8. The van der Waals surface area contributed by atoms with Crippen molar-refractivity contribution >= 4 is 17.4 Å². The van der Waals surface area contributed by atoms with Crippen molar-refractivity contribution in [1.82, 2.24) is 4.98 Å². The molecule has 1 aliphatic rings. The number of hydrogen-bond acceptors (Lipinski definition) is 6. The van der Waals surface area contributed by atoms with Gasteiger partial charge in [-0.15, -0.1) is 0 Å². The summed E-state index contributed by atoms with van der Waals surface area (Å²) < 4.78 is 39.9. The zero-order chi connectivity index (χ0) is 21.7. The van der Waals surface area contributed by atoms with Gasteiger partial charge in [0.15, 0.2) is 5.78 Å². The lowest BCUT2D eigenvalue weighted by molar-refractivity contribution is -0.141. The van der Waals surface area contributed by atoms with E-state index in [0.717, 1.165) is 30.5 Å². The minimum absolute atomic E-state index is 0.0732. The van der Waals surface area contributed by atoms with E-state index in [4.69, 9.17) is 9.47 Å². The largest absolute Gasteiger partial charge is 0.475 e. The second kappa shape index (κ2) is 9.65. The predicted molar refractivity (Wildman–Crippen MR) is 107 cm³/mol. The molecule has 1 atom stereocenters. The molecule has 0 bridgehead atoms. The first kappa shape index (κ1) is 21.7. The first-order chi connectivity index (χ1) is 14.4. The summed E-state index contributed by atoms with van der Waals surface area (Å²) in [4.78, 5) is 29.5. The average Bonchev–Trinajstić information content (AvgIpc) is 3.17. The molecule has 1 aromatic heterocycles. The number of aryl methyl sites for hydroxylation is 1. The molecule has 1 aromatic carbocycles. The summed E-state index contributed by atoms with van der Waals surface area (Å²) in [6, 6.07) is 5.41. The van der Waals surface area contributed by atoms with Crippen molar-refractivity contribution in [3.8, 4) is 5.88 Å². The summed E-state index contributed by atoms with van der Waals surface area (Å²) >= 11 is 0. The summed E-state index contributed by atoms with van der Waals surface area (Å²) in [6.45, 7) is 4.42. The number of anilines is 1. The molecule has 0 amide bonds. The van der Waals surface area contributed by atoms with Gasteiger partial charge in [0.25, 0.3) is 0 Å². The molecule has 3 rings (SSSR count). The highest BCUT2D eigenvalue weighted by Gasteiger charge is 2.29. The van der Waals surface area contributed by atoms with Crippen molar-refractivity contribution < 1.29 is 27.8 Å². The van der Waals surface area contributed by atoms with Crippen LogP contribution >= 0.6 is 0 Å². The normalized spacial score (nSPS) is 15.9. The van der Waals surface area contributed by atoms with E-state index in [-0.39, 0.29) is 24.9 Å². The molecule has 0 unspecified atom stereocenters. The zero-order valence-electron chi connectivity index (χ0n) is 17.0. The second-order valence-electron chi connectivity index (χ2n) is 7.11. The Balaban J connectivity index is 1.74. The van der Waals surface area contributed by atoms with E-state index in [1.807, 2.05) is 19.1 Å². The third-order valence-electron chi connectivity index (χ3n) is 5.01. The number of hydrogen-bond donors (Lipinski definition) is 0. The highest BCUT2D eigenvalue weighted by molar-refractivity contribution is 6.06. The van der Waals surface area contributed by atoms with E-state index < -0.39 is 35.4 Å². The van der Waals surface area contributed by atoms with Gasteiger partial charge in [0.1, 0.15) is 24.7 Å². The number of aromatic nitrogens is 1. The maximum Gasteiger partial charge on any atom is 0.313 e. The molecule has 2 aromatic rings. The summed E-state index contributed by atoms with van der Waals surface area (Å²) in [7, 11) is 0. The Morgan fingerprint density at radius 3 is 2.80 bits per heavy atom. The molecular formula is C22H24F2N2O4. The molecule has 0 spiro atoms. The van der Waals surface area contributed by atoms with E-state index >= 15 is 0 Å². The van der Waals surface area contributed by atoms with Crippen LogP contribution in [0.2, 0.25) is 0 Å². The fourth-order valence-electron chi connectivity index (χ4n) is 3.53. The van der Waals surface area contributed by atoms with Crippen LogP contribution in [0.15, 0.2) is 30.5 Å². The average molecular weight is 418 g/mol. The van der Waals surface area contributed by atoms with Gasteiger partial charge in [0.05, 0.1) is 23.9 Å². The van der Waals surface area contributed by atoms with Gasteiger partial charge >= 0.3 is 5.97 Å². The maximum absolute atomic E-state index is 14.8. The molecule has 6 nitrogen and oxygen atoms in total. The van der Waals surface area contributed by atoms with E-state index in [1.54, 1.807) is 18.0 Å². The van der Waals surface area contributed by atoms with Gasteiger partial charge in [0, 0.05) is 24.4 Å². The van der Waals surface area contributed by atoms with Crippen LogP contribution in [0.4, 0.5) is 14.5 Å². The van der Waals surface area contributed by atoms with Crippen LogP contribution in [0, 0.1) is 18.6 Å². The van der Waals surface area contributed by atoms with Gasteiger partial charge in [-0.3, -0.25) is 9.59 Å². The second-order valence-corrected chi connectivity index (χ2v) is 7.11. The number of ether oxygens (including phenoxy) is 2. The fourth-order valence-corrected chi connectivity index (χ4v) is 3.53. The van der Waals surface area contributed by atoms with Crippen LogP contribution in [-0.2, 0) is 9.53 Å². The van der Waals surface area contributed by atoms with Crippen molar-refractivity contribution in [1.29, 1.82) is 0 Å². The number of halogens is 2. The molecule has 1 saturated heterocycles. The molecule has 2 heterocycles. The molecule has 0 aliphatic carbocycles. The third kappa shape index (κ3) is 4.93. The van der Waals surface area contributed by atoms with Crippen LogP contribution in [-0.4, -0.2) is 42.5 Å². The SMILES string of the molecule is CCOC(=O)CC(=O)c1cc(F)c(N2CCC[C@@H]2COc2ncccc2C)cc1F. The first-order valence-electron chi connectivity index (χ1n) is 9.89. The Labute approximate surface area is 173 Å². The zero-order valence-corrected chi connectivity index (χ0v) is 17.0. The van der Waals surface area contributed by atoms with E-state index in [1.165, 1.54) is 0 Å². The molecule has 0 saturated carbocycles. The van der Waals surface area contributed by atoms with Crippen LogP contribution < -0.4 is 9.64 Å². The summed E-state index contributed by atoms with van der Waals surface area (Å²) in [5.74, 6) is -2.66. The van der Waals surface area contributed by atoms with Crippen molar-refractivity contribution in [2.24, 2.45) is 0 Å². The number of benzene rings is 1. The van der Waals surface area contributed by atoms with Crippen molar-refractivity contribution in [3.05, 3.63) is 53.2 Å². The highest BCUT2D eigenvalue weighted by Crippen LogP contribution is 2.31. The van der Waals surface area contributed by atoms with Crippen LogP contribution in [0.5, 0.6) is 5.88 Å². The minimum atomic E-state index is -0.868. The Kier molecular flexibility index (Phi) is 6.97. The number of nitrogens with zero attached hydrogens (tertiary/aromatic N) is 2. The predicted octanol–water partition coefficient (Wildman–Crippen LogP) is 3.85. The molecule has 8 heteroatoms. The third-order valence-corrected chi connectivity index (χ3v) is 5.01. The fraction of sp³-hybridized carbons (Fsp3) is 0.409. The lowest BCUT2D eigenvalue weighted by Gasteiger charge is -2.27. The molecule has 1 fully saturated rings.